The van der Waals surface area contributed by atoms with E-state index in [1.165, 1.54) is 30.4 Å². The second-order valence-corrected chi connectivity index (χ2v) is 5.10. The number of aryl methyl sites for hydroxylation is 1. The number of hydrogen-bond donors (Lipinski definition) is 1. The predicted octanol–water partition coefficient (Wildman–Crippen LogP) is 3.31. The van der Waals surface area contributed by atoms with E-state index >= 15 is 0 Å². The standard InChI is InChI=1S/C15H20N2/c1-13-6-5-7-14(10-13)11-17-15(12-16)8-3-2-4-9-15/h5-7,10,17H,2-4,8-9,11H2,1H3. The lowest BCUT2D eigenvalue weighted by Gasteiger charge is -2.31. The molecule has 2 heteroatoms. The van der Waals surface area contributed by atoms with Gasteiger partial charge in [0.1, 0.15) is 5.54 Å². The summed E-state index contributed by atoms with van der Waals surface area (Å²) < 4.78 is 0. The maximum absolute atomic E-state index is 9.36. The van der Waals surface area contributed by atoms with Crippen molar-refractivity contribution in [2.75, 3.05) is 0 Å². The van der Waals surface area contributed by atoms with E-state index in [4.69, 9.17) is 0 Å². The van der Waals surface area contributed by atoms with Crippen LogP contribution in [0.4, 0.5) is 0 Å². The minimum atomic E-state index is -0.276. The van der Waals surface area contributed by atoms with Crippen molar-refractivity contribution in [3.8, 4) is 6.07 Å². The molecule has 0 unspecified atom stereocenters. The van der Waals surface area contributed by atoms with Crippen LogP contribution in [0.5, 0.6) is 0 Å². The van der Waals surface area contributed by atoms with Crippen LogP contribution >= 0.6 is 0 Å². The van der Waals surface area contributed by atoms with Crippen molar-refractivity contribution in [1.82, 2.24) is 5.32 Å². The Morgan fingerprint density at radius 3 is 2.71 bits per heavy atom. The molecule has 1 aliphatic rings. The number of rotatable bonds is 3. The zero-order valence-corrected chi connectivity index (χ0v) is 10.5. The first-order valence-electron chi connectivity index (χ1n) is 6.46. The highest BCUT2D eigenvalue weighted by Crippen LogP contribution is 2.27. The fourth-order valence-electron chi connectivity index (χ4n) is 2.58. The number of benzene rings is 1. The zero-order valence-electron chi connectivity index (χ0n) is 10.5. The Morgan fingerprint density at radius 1 is 1.29 bits per heavy atom. The normalized spacial score (nSPS) is 18.6. The van der Waals surface area contributed by atoms with E-state index in [-0.39, 0.29) is 5.54 Å². The molecule has 90 valence electrons. The van der Waals surface area contributed by atoms with Crippen LogP contribution in [0, 0.1) is 18.3 Å². The van der Waals surface area contributed by atoms with Gasteiger partial charge in [0.15, 0.2) is 0 Å². The average Bonchev–Trinajstić information content (AvgIpc) is 2.38. The summed E-state index contributed by atoms with van der Waals surface area (Å²) in [7, 11) is 0. The maximum atomic E-state index is 9.36. The Hall–Kier alpha value is -1.33. The fraction of sp³-hybridized carbons (Fsp3) is 0.533. The van der Waals surface area contributed by atoms with E-state index < -0.39 is 0 Å². The van der Waals surface area contributed by atoms with Crippen molar-refractivity contribution in [3.05, 3.63) is 35.4 Å². The van der Waals surface area contributed by atoms with E-state index in [0.717, 1.165) is 19.4 Å². The zero-order chi connectivity index (χ0) is 12.1. The molecule has 0 amide bonds. The largest absolute Gasteiger partial charge is 0.295 e. The average molecular weight is 228 g/mol. The van der Waals surface area contributed by atoms with Gasteiger partial charge in [0.25, 0.3) is 0 Å². The van der Waals surface area contributed by atoms with E-state index in [2.05, 4.69) is 42.6 Å². The van der Waals surface area contributed by atoms with Crippen LogP contribution in [0.15, 0.2) is 24.3 Å². The predicted molar refractivity (Wildman–Crippen MR) is 69.4 cm³/mol. The van der Waals surface area contributed by atoms with Gasteiger partial charge in [0, 0.05) is 6.54 Å². The molecule has 2 nitrogen and oxygen atoms in total. The monoisotopic (exact) mass is 228 g/mol. The van der Waals surface area contributed by atoms with Gasteiger partial charge in [0.2, 0.25) is 0 Å². The minimum Gasteiger partial charge on any atom is -0.295 e. The molecular formula is C15H20N2. The van der Waals surface area contributed by atoms with Crippen molar-refractivity contribution in [1.29, 1.82) is 5.26 Å². The number of nitrogens with one attached hydrogen (secondary N) is 1. The van der Waals surface area contributed by atoms with Gasteiger partial charge in [-0.3, -0.25) is 5.32 Å². The van der Waals surface area contributed by atoms with E-state index in [1.807, 2.05) is 0 Å². The Kier molecular flexibility index (Phi) is 3.81. The highest BCUT2D eigenvalue weighted by Gasteiger charge is 2.31. The first-order chi connectivity index (χ1) is 8.24. The third-order valence-electron chi connectivity index (χ3n) is 3.63. The molecule has 0 heterocycles. The van der Waals surface area contributed by atoms with Crippen LogP contribution in [0.3, 0.4) is 0 Å². The van der Waals surface area contributed by atoms with Crippen LogP contribution in [0.25, 0.3) is 0 Å². The second kappa shape index (κ2) is 5.33. The van der Waals surface area contributed by atoms with Crippen LogP contribution in [-0.4, -0.2) is 5.54 Å². The van der Waals surface area contributed by atoms with Gasteiger partial charge in [-0.1, -0.05) is 49.1 Å². The van der Waals surface area contributed by atoms with Gasteiger partial charge >= 0.3 is 0 Å². The summed E-state index contributed by atoms with van der Waals surface area (Å²) in [5.74, 6) is 0. The molecule has 1 aromatic rings. The van der Waals surface area contributed by atoms with Crippen molar-refractivity contribution in [2.24, 2.45) is 0 Å². The molecule has 1 N–H and O–H groups in total. The molecule has 1 saturated carbocycles. The minimum absolute atomic E-state index is 0.276. The lowest BCUT2D eigenvalue weighted by Crippen LogP contribution is -2.44. The Morgan fingerprint density at radius 2 is 2.06 bits per heavy atom. The van der Waals surface area contributed by atoms with Gasteiger partial charge in [-0.2, -0.15) is 5.26 Å². The molecule has 17 heavy (non-hydrogen) atoms. The molecule has 0 bridgehead atoms. The van der Waals surface area contributed by atoms with Gasteiger partial charge in [-0.15, -0.1) is 0 Å². The quantitative estimate of drug-likeness (QED) is 0.861. The summed E-state index contributed by atoms with van der Waals surface area (Å²) >= 11 is 0. The lowest BCUT2D eigenvalue weighted by molar-refractivity contribution is 0.296. The summed E-state index contributed by atoms with van der Waals surface area (Å²) in [5, 5.41) is 12.8. The van der Waals surface area contributed by atoms with Gasteiger partial charge in [-0.05, 0) is 25.3 Å². The number of nitriles is 1. The van der Waals surface area contributed by atoms with Crippen molar-refractivity contribution in [2.45, 2.75) is 51.1 Å². The molecular weight excluding hydrogens is 208 g/mol. The molecule has 2 rings (SSSR count). The molecule has 0 atom stereocenters. The van der Waals surface area contributed by atoms with Crippen molar-refractivity contribution < 1.29 is 0 Å². The fourth-order valence-corrected chi connectivity index (χ4v) is 2.58. The molecule has 0 radical (unpaired) electrons. The maximum Gasteiger partial charge on any atom is 0.107 e. The second-order valence-electron chi connectivity index (χ2n) is 5.10. The van der Waals surface area contributed by atoms with Crippen LogP contribution in [0.1, 0.15) is 43.2 Å². The Balaban J connectivity index is 1.98. The summed E-state index contributed by atoms with van der Waals surface area (Å²) in [6.07, 6.45) is 5.61. The summed E-state index contributed by atoms with van der Waals surface area (Å²) in [6.45, 7) is 2.90. The Bertz CT molecular complexity index is 411. The number of hydrogen-bond acceptors (Lipinski definition) is 2. The van der Waals surface area contributed by atoms with E-state index in [0.29, 0.717) is 0 Å². The van der Waals surface area contributed by atoms with Crippen LogP contribution < -0.4 is 5.32 Å². The molecule has 0 aliphatic heterocycles. The highest BCUT2D eigenvalue weighted by molar-refractivity contribution is 5.23. The van der Waals surface area contributed by atoms with Gasteiger partial charge in [0.05, 0.1) is 6.07 Å². The molecule has 0 aromatic heterocycles. The summed E-state index contributed by atoms with van der Waals surface area (Å²) in [5.41, 5.74) is 2.27. The first kappa shape index (κ1) is 12.1. The van der Waals surface area contributed by atoms with Gasteiger partial charge < -0.3 is 0 Å². The smallest absolute Gasteiger partial charge is 0.107 e. The van der Waals surface area contributed by atoms with Crippen molar-refractivity contribution >= 4 is 0 Å². The highest BCUT2D eigenvalue weighted by atomic mass is 15.0. The lowest BCUT2D eigenvalue weighted by atomic mass is 9.83. The van der Waals surface area contributed by atoms with Crippen molar-refractivity contribution in [3.63, 3.8) is 0 Å². The molecule has 0 spiro atoms. The van der Waals surface area contributed by atoms with E-state index in [9.17, 15) is 5.26 Å². The van der Waals surface area contributed by atoms with E-state index in [1.54, 1.807) is 0 Å². The summed E-state index contributed by atoms with van der Waals surface area (Å²) in [4.78, 5) is 0. The SMILES string of the molecule is Cc1cccc(CNC2(C#N)CCCCC2)c1. The third kappa shape index (κ3) is 3.08. The number of nitrogens with zero attached hydrogens (tertiary/aromatic N) is 1. The molecule has 1 aliphatic carbocycles. The van der Waals surface area contributed by atoms with Crippen LogP contribution in [-0.2, 0) is 6.54 Å². The molecule has 1 aromatic carbocycles. The molecule has 1 fully saturated rings. The first-order valence-corrected chi connectivity index (χ1v) is 6.46. The van der Waals surface area contributed by atoms with Crippen LogP contribution in [0.2, 0.25) is 0 Å². The topological polar surface area (TPSA) is 35.8 Å². The van der Waals surface area contributed by atoms with Gasteiger partial charge in [-0.25, -0.2) is 0 Å². The Labute approximate surface area is 104 Å². The third-order valence-corrected chi connectivity index (χ3v) is 3.63. The molecule has 0 saturated heterocycles. The summed E-state index contributed by atoms with van der Waals surface area (Å²) in [6, 6.07) is 11.0.